The van der Waals surface area contributed by atoms with Gasteiger partial charge >= 0.3 is 0 Å². The van der Waals surface area contributed by atoms with Crippen LogP contribution in [0.1, 0.15) is 35.0 Å². The van der Waals surface area contributed by atoms with Gasteiger partial charge in [-0.25, -0.2) is 0 Å². The number of nitrogens with zero attached hydrogens (tertiary/aromatic N) is 4. The fraction of sp³-hybridized carbons (Fsp3) is 0.214. The first-order valence-corrected chi connectivity index (χ1v) is 12.6. The third-order valence-corrected chi connectivity index (χ3v) is 7.10. The number of hydrogen-bond donors (Lipinski definition) is 1. The van der Waals surface area contributed by atoms with E-state index >= 15 is 0 Å². The monoisotopic (exact) mass is 497 g/mol. The van der Waals surface area contributed by atoms with Crippen LogP contribution in [0.4, 0.5) is 0 Å². The molecule has 1 aromatic heterocycles. The normalized spacial score (nSPS) is 16.3. The van der Waals surface area contributed by atoms with Crippen LogP contribution in [-0.2, 0) is 11.2 Å². The van der Waals surface area contributed by atoms with E-state index < -0.39 is 5.91 Å². The molecule has 8 heteroatoms. The van der Waals surface area contributed by atoms with Crippen molar-refractivity contribution >= 4 is 39.8 Å². The number of aryl methyl sites for hydroxylation is 3. The average molecular weight is 498 g/mol. The molecule has 0 atom stereocenters. The van der Waals surface area contributed by atoms with Gasteiger partial charge in [0.25, 0.3) is 5.91 Å². The van der Waals surface area contributed by atoms with Gasteiger partial charge in [0.1, 0.15) is 17.4 Å². The van der Waals surface area contributed by atoms with Gasteiger partial charge in [-0.2, -0.15) is 15.1 Å². The number of amides is 1. The van der Waals surface area contributed by atoms with E-state index in [-0.39, 0.29) is 18.0 Å². The molecule has 0 spiro atoms. The molecule has 7 nitrogen and oxygen atoms in total. The number of hydrogen-bond acceptors (Lipinski definition) is 5. The number of carbonyl (C=O) groups is 1. The topological polar surface area (TPSA) is 83.0 Å². The zero-order chi connectivity index (χ0) is 25.4. The van der Waals surface area contributed by atoms with Crippen LogP contribution in [0.2, 0.25) is 0 Å². The highest BCUT2D eigenvalue weighted by molar-refractivity contribution is 8.27. The Labute approximate surface area is 214 Å². The van der Waals surface area contributed by atoms with Crippen molar-refractivity contribution in [3.63, 3.8) is 0 Å². The van der Waals surface area contributed by atoms with Gasteiger partial charge < -0.3 is 9.30 Å². The van der Waals surface area contributed by atoms with Gasteiger partial charge in [0.15, 0.2) is 5.84 Å². The number of carbonyl (C=O) groups excluding carboxylic acids is 1. The number of aromatic nitrogens is 1. The smallest absolute Gasteiger partial charge is 0.283 e. The van der Waals surface area contributed by atoms with Gasteiger partial charge in [0.2, 0.25) is 5.17 Å². The number of aliphatic imine (C=N–C) groups is 1. The molecule has 2 aliphatic rings. The van der Waals surface area contributed by atoms with Crippen molar-refractivity contribution in [2.45, 2.75) is 34.1 Å². The Kier molecular flexibility index (Phi) is 6.36. The molecule has 182 valence electrons. The predicted molar refractivity (Wildman–Crippen MR) is 146 cm³/mol. The van der Waals surface area contributed by atoms with Crippen molar-refractivity contribution in [2.75, 3.05) is 6.61 Å². The largest absolute Gasteiger partial charge is 0.487 e. The van der Waals surface area contributed by atoms with Crippen LogP contribution in [0.5, 0.6) is 5.75 Å². The molecule has 0 radical (unpaired) electrons. The molecular formula is C28H27N5O2S. The highest BCUT2D eigenvalue weighted by Gasteiger charge is 2.36. The minimum atomic E-state index is -0.438. The first kappa shape index (κ1) is 23.8. The summed E-state index contributed by atoms with van der Waals surface area (Å²) < 4.78 is 8.00. The Hall–Kier alpha value is -3.91. The lowest BCUT2D eigenvalue weighted by Crippen LogP contribution is -2.35. The predicted octanol–water partition coefficient (Wildman–Crippen LogP) is 5.66. The van der Waals surface area contributed by atoms with E-state index in [4.69, 9.17) is 10.1 Å². The molecule has 1 amide bonds. The number of ether oxygens (including phenoxy) is 1. The van der Waals surface area contributed by atoms with E-state index in [0.717, 1.165) is 40.4 Å². The Morgan fingerprint density at radius 1 is 1.08 bits per heavy atom. The first-order chi connectivity index (χ1) is 17.3. The number of rotatable bonds is 6. The summed E-state index contributed by atoms with van der Waals surface area (Å²) in [7, 11) is 0. The summed E-state index contributed by atoms with van der Waals surface area (Å²) in [6, 6.07) is 18.3. The van der Waals surface area contributed by atoms with Crippen LogP contribution < -0.4 is 4.74 Å². The molecule has 1 N–H and O–H groups in total. The van der Waals surface area contributed by atoms with Gasteiger partial charge in [0, 0.05) is 17.1 Å². The molecule has 3 heterocycles. The van der Waals surface area contributed by atoms with Gasteiger partial charge in [-0.05, 0) is 92.1 Å². The molecule has 0 fully saturated rings. The van der Waals surface area contributed by atoms with Crippen LogP contribution >= 0.6 is 11.8 Å². The summed E-state index contributed by atoms with van der Waals surface area (Å²) in [6.07, 6.45) is 2.73. The molecule has 0 bridgehead atoms. The van der Waals surface area contributed by atoms with E-state index in [2.05, 4.69) is 45.9 Å². The van der Waals surface area contributed by atoms with Gasteiger partial charge in [-0.1, -0.05) is 31.2 Å². The number of hydrazone groups is 1. The van der Waals surface area contributed by atoms with Crippen LogP contribution in [0.15, 0.2) is 70.3 Å². The Morgan fingerprint density at radius 3 is 2.58 bits per heavy atom. The van der Waals surface area contributed by atoms with Crippen LogP contribution in [0.3, 0.4) is 0 Å². The van der Waals surface area contributed by atoms with Crippen molar-refractivity contribution in [2.24, 2.45) is 10.1 Å². The van der Waals surface area contributed by atoms with Crippen molar-refractivity contribution in [1.29, 1.82) is 5.41 Å². The fourth-order valence-corrected chi connectivity index (χ4v) is 5.11. The maximum atomic E-state index is 12.9. The molecule has 0 saturated heterocycles. The summed E-state index contributed by atoms with van der Waals surface area (Å²) >= 11 is 1.25. The first-order valence-electron chi connectivity index (χ1n) is 11.8. The number of fused-ring (bicyclic) bond motifs is 1. The Bertz CT molecular complexity index is 1460. The zero-order valence-corrected chi connectivity index (χ0v) is 21.5. The number of nitrogens with one attached hydrogen (secondary N) is 1. The minimum Gasteiger partial charge on any atom is -0.487 e. The summed E-state index contributed by atoms with van der Waals surface area (Å²) in [5.74, 6) is 0.323. The lowest BCUT2D eigenvalue weighted by atomic mass is 10.1. The van der Waals surface area contributed by atoms with E-state index in [1.807, 2.05) is 51.1 Å². The fourth-order valence-electron chi connectivity index (χ4n) is 4.31. The summed E-state index contributed by atoms with van der Waals surface area (Å²) in [5, 5.41) is 15.6. The molecule has 0 unspecified atom stereocenters. The Balaban J connectivity index is 1.39. The molecular weight excluding hydrogens is 470 g/mol. The maximum Gasteiger partial charge on any atom is 0.283 e. The second-order valence-corrected chi connectivity index (χ2v) is 9.84. The average Bonchev–Trinajstić information content (AvgIpc) is 3.40. The summed E-state index contributed by atoms with van der Waals surface area (Å²) in [5.41, 5.74) is 6.58. The van der Waals surface area contributed by atoms with Gasteiger partial charge in [-0.3, -0.25) is 10.2 Å². The Morgan fingerprint density at radius 2 is 1.86 bits per heavy atom. The van der Waals surface area contributed by atoms with Crippen LogP contribution in [0.25, 0.3) is 11.8 Å². The van der Waals surface area contributed by atoms with Crippen molar-refractivity contribution in [3.8, 4) is 11.4 Å². The van der Waals surface area contributed by atoms with Gasteiger partial charge in [-0.15, -0.1) is 0 Å². The third kappa shape index (κ3) is 4.52. The van der Waals surface area contributed by atoms with Crippen molar-refractivity contribution in [3.05, 3.63) is 88.2 Å². The zero-order valence-electron chi connectivity index (χ0n) is 20.7. The molecule has 5 rings (SSSR count). The molecule has 0 saturated carbocycles. The molecule has 36 heavy (non-hydrogen) atoms. The summed E-state index contributed by atoms with van der Waals surface area (Å²) in [6.45, 7) is 8.43. The molecule has 2 aliphatic heterocycles. The lowest BCUT2D eigenvalue weighted by Gasteiger charge is -2.20. The highest BCUT2D eigenvalue weighted by atomic mass is 32.2. The number of thioether (sulfide) groups is 1. The SMILES string of the molecule is CCc1ccc(-n2c(C)cc(/C=C3/C(=N)N4N=C(COc5cccc(C)c5)SC4=NC3=O)c2C)cc1. The van der Waals surface area contributed by atoms with Crippen LogP contribution in [0, 0.1) is 26.2 Å². The van der Waals surface area contributed by atoms with E-state index in [1.165, 1.54) is 22.3 Å². The maximum absolute atomic E-state index is 12.9. The quantitative estimate of drug-likeness (QED) is 0.445. The second-order valence-electron chi connectivity index (χ2n) is 8.80. The van der Waals surface area contributed by atoms with Crippen LogP contribution in [-0.4, -0.2) is 38.1 Å². The number of benzene rings is 2. The number of amidine groups is 2. The molecule has 3 aromatic rings. The van der Waals surface area contributed by atoms with Crippen molar-refractivity contribution in [1.82, 2.24) is 9.58 Å². The molecule has 2 aromatic carbocycles. The standard InChI is InChI=1S/C28H27N5O2S/c1-5-20-9-11-22(12-10-20)32-18(3)14-21(19(32)4)15-24-26(29)33-28(30-27(24)34)36-25(31-33)16-35-23-8-6-7-17(2)13-23/h6-15,29H,5,16H2,1-4H3/b24-15-,29-26?. The van der Waals surface area contributed by atoms with Crippen molar-refractivity contribution < 1.29 is 9.53 Å². The van der Waals surface area contributed by atoms with Gasteiger partial charge in [0.05, 0.1) is 5.57 Å². The minimum absolute atomic E-state index is 0.0140. The third-order valence-electron chi connectivity index (χ3n) is 6.22. The highest BCUT2D eigenvalue weighted by Crippen LogP contribution is 2.30. The lowest BCUT2D eigenvalue weighted by molar-refractivity contribution is -0.114. The molecule has 0 aliphatic carbocycles. The summed E-state index contributed by atoms with van der Waals surface area (Å²) in [4.78, 5) is 17.1. The van der Waals surface area contributed by atoms with E-state index in [9.17, 15) is 4.79 Å². The van der Waals surface area contributed by atoms with E-state index in [1.54, 1.807) is 6.08 Å². The second kappa shape index (κ2) is 9.62. The van der Waals surface area contributed by atoms with E-state index in [0.29, 0.717) is 10.2 Å².